The van der Waals surface area contributed by atoms with Crippen molar-refractivity contribution in [1.29, 1.82) is 0 Å². The molecule has 24 nitrogen and oxygen atoms in total. The van der Waals surface area contributed by atoms with Gasteiger partial charge in [-0.05, 0) is 107 Å². The molecule has 3 aromatic rings. The van der Waals surface area contributed by atoms with E-state index in [-0.39, 0.29) is 71.0 Å². The first kappa shape index (κ1) is 67.2. The van der Waals surface area contributed by atoms with E-state index in [2.05, 4.69) is 52.8 Å². The first-order valence-corrected chi connectivity index (χ1v) is 28.5. The van der Waals surface area contributed by atoms with Gasteiger partial charge in [-0.2, -0.15) is 0 Å². The van der Waals surface area contributed by atoms with Crippen LogP contribution in [0.1, 0.15) is 111 Å². The third-order valence-electron chi connectivity index (χ3n) is 14.5. The number of carbonyl (C=O) groups excluding carboxylic acids is 10. The van der Waals surface area contributed by atoms with Gasteiger partial charge >= 0.3 is 0 Å². The second-order valence-electron chi connectivity index (χ2n) is 22.3. The summed E-state index contributed by atoms with van der Waals surface area (Å²) in [5, 5.41) is 36.2. The van der Waals surface area contributed by atoms with Crippen molar-refractivity contribution in [3.63, 3.8) is 0 Å². The number of rotatable bonds is 17. The molecule has 1 saturated heterocycles. The van der Waals surface area contributed by atoms with Gasteiger partial charge in [0, 0.05) is 42.3 Å². The molecule has 452 valence electrons. The molecule has 0 radical (unpaired) electrons. The van der Waals surface area contributed by atoms with E-state index >= 15 is 0 Å². The van der Waals surface area contributed by atoms with Crippen LogP contribution in [0.4, 0.5) is 0 Å². The molecule has 0 unspecified atom stereocenters. The zero-order chi connectivity index (χ0) is 60.8. The Balaban J connectivity index is 1.83. The molecule has 1 aliphatic heterocycles. The highest BCUT2D eigenvalue weighted by Gasteiger charge is 2.39. The molecular formula is C58H89N13O11. The summed E-state index contributed by atoms with van der Waals surface area (Å²) in [4.78, 5) is 146. The van der Waals surface area contributed by atoms with Crippen LogP contribution in [0.25, 0.3) is 10.9 Å². The number of amides is 9. The van der Waals surface area contributed by atoms with E-state index in [0.717, 1.165) is 10.9 Å². The maximum atomic E-state index is 14.5. The summed E-state index contributed by atoms with van der Waals surface area (Å²) in [6.45, 7) is 13.0. The van der Waals surface area contributed by atoms with Gasteiger partial charge in [0.1, 0.15) is 54.4 Å². The van der Waals surface area contributed by atoms with Gasteiger partial charge in [-0.15, -0.1) is 0 Å². The lowest BCUT2D eigenvalue weighted by molar-refractivity contribution is -0.138. The van der Waals surface area contributed by atoms with Crippen molar-refractivity contribution in [2.24, 2.45) is 40.9 Å². The highest BCUT2D eigenvalue weighted by Crippen LogP contribution is 2.21. The number of H-pyrrole nitrogens is 1. The smallest absolute Gasteiger partial charge is 0.243 e. The second kappa shape index (κ2) is 33.0. The van der Waals surface area contributed by atoms with Crippen molar-refractivity contribution in [2.75, 3.05) is 19.6 Å². The number of nitrogens with two attached hydrogens (primary N) is 3. The minimum atomic E-state index is -1.59. The number of aliphatic hydroxyl groups is 1. The fourth-order valence-corrected chi connectivity index (χ4v) is 9.60. The van der Waals surface area contributed by atoms with E-state index < -0.39 is 150 Å². The van der Waals surface area contributed by atoms with Crippen molar-refractivity contribution in [1.82, 2.24) is 52.8 Å². The van der Waals surface area contributed by atoms with Crippen LogP contribution in [0.3, 0.4) is 0 Å². The Morgan fingerprint density at radius 2 is 0.878 bits per heavy atom. The van der Waals surface area contributed by atoms with E-state index in [4.69, 9.17) is 17.2 Å². The molecule has 17 N–H and O–H groups in total. The molecule has 2 heterocycles. The number of fused-ring (bicyclic) bond motifs is 1. The zero-order valence-corrected chi connectivity index (χ0v) is 48.6. The highest BCUT2D eigenvalue weighted by atomic mass is 16.3. The van der Waals surface area contributed by atoms with Gasteiger partial charge in [-0.1, -0.05) is 90.1 Å². The largest absolute Gasteiger partial charge is 0.391 e. The number of benzene rings is 2. The molecule has 1 aliphatic rings. The van der Waals surface area contributed by atoms with E-state index in [9.17, 15) is 53.1 Å². The zero-order valence-electron chi connectivity index (χ0n) is 48.6. The Kier molecular flexibility index (Phi) is 27.0. The van der Waals surface area contributed by atoms with Gasteiger partial charge in [0.15, 0.2) is 5.78 Å². The van der Waals surface area contributed by atoms with Crippen molar-refractivity contribution in [3.8, 4) is 0 Å². The molecule has 82 heavy (non-hydrogen) atoms. The third-order valence-corrected chi connectivity index (χ3v) is 14.5. The molecule has 0 spiro atoms. The number of para-hydroxylation sites is 1. The number of Topliss-reactive ketones (excluding diaryl/α,β-unsaturated/α-hetero) is 1. The number of hydrogen-bond acceptors (Lipinski definition) is 14. The third kappa shape index (κ3) is 20.0. The average molecular weight is 1140 g/mol. The summed E-state index contributed by atoms with van der Waals surface area (Å²) in [6.07, 6.45) is 0.320. The van der Waals surface area contributed by atoms with Crippen LogP contribution in [-0.2, 0) is 60.8 Å². The number of carbonyl (C=O) groups is 10. The highest BCUT2D eigenvalue weighted by molar-refractivity contribution is 6.00. The van der Waals surface area contributed by atoms with Crippen molar-refractivity contribution < 1.29 is 53.1 Å². The summed E-state index contributed by atoms with van der Waals surface area (Å²) >= 11 is 0. The summed E-state index contributed by atoms with van der Waals surface area (Å²) in [5.74, 6) is -10.6. The molecule has 9 amide bonds. The standard InChI is InChI=1S/C58H89N13O11/c1-31(2)46-56(80)67-43(27-36-17-10-9-11-18-36)55(79)69-48(33(5)6)58(82)71-49(35(8)72)45(73)29-37(19-14-24-59)51(75)64-41(22-15-25-60)52(76)65-42(23-16-26-61)53(77)66-44(28-38-30-62-40-21-13-12-20-39(38)40)54(78)63-34(7)50(74)68-47(32(3)4)57(81)70-46/h9-13,17-18,20-21,30-35,37,41-44,46-49,62,72H,14-16,19,22-29,59-61H2,1-8H3,(H,63,78)(H,64,75)(H,65,76)(H,66,77)(H,67,80)(H,68,74)(H,69,79)(H,70,81)(H,71,82)/t34-,35-,37+,41+,42-,43+,44+,46-,47-,48-,49+/m1/s1. The van der Waals surface area contributed by atoms with Crippen LogP contribution in [0.15, 0.2) is 60.8 Å². The number of aromatic nitrogens is 1. The number of hydrogen-bond donors (Lipinski definition) is 14. The number of nitrogens with one attached hydrogen (secondary N) is 10. The molecule has 24 heteroatoms. The molecule has 0 aliphatic carbocycles. The summed E-state index contributed by atoms with van der Waals surface area (Å²) in [5.41, 5.74) is 19.7. The molecule has 0 bridgehead atoms. The maximum absolute atomic E-state index is 14.5. The Hall–Kier alpha value is -7.28. The predicted octanol–water partition coefficient (Wildman–Crippen LogP) is -0.509. The first-order valence-electron chi connectivity index (χ1n) is 28.5. The molecule has 1 aromatic heterocycles. The molecule has 2 aromatic carbocycles. The molecular weight excluding hydrogens is 1050 g/mol. The fourth-order valence-electron chi connectivity index (χ4n) is 9.60. The van der Waals surface area contributed by atoms with Crippen LogP contribution in [0.2, 0.25) is 0 Å². The quantitative estimate of drug-likeness (QED) is 0.0810. The van der Waals surface area contributed by atoms with Crippen LogP contribution < -0.4 is 65.1 Å². The number of aliphatic hydroxyl groups excluding tert-OH is 1. The number of aromatic amines is 1. The summed E-state index contributed by atoms with van der Waals surface area (Å²) in [7, 11) is 0. The number of ketones is 1. The predicted molar refractivity (Wildman–Crippen MR) is 309 cm³/mol. The Labute approximate surface area is 480 Å². The van der Waals surface area contributed by atoms with E-state index in [1.165, 1.54) is 13.8 Å². The minimum Gasteiger partial charge on any atom is -0.391 e. The van der Waals surface area contributed by atoms with Gasteiger partial charge in [0.05, 0.1) is 6.10 Å². The fraction of sp³-hybridized carbons (Fsp3) is 0.586. The lowest BCUT2D eigenvalue weighted by Gasteiger charge is -2.31. The van der Waals surface area contributed by atoms with E-state index in [1.807, 2.05) is 24.3 Å². The topological polar surface area (TPSA) is 393 Å². The van der Waals surface area contributed by atoms with Gasteiger partial charge in [-0.25, -0.2) is 0 Å². The van der Waals surface area contributed by atoms with Crippen LogP contribution in [-0.4, -0.2) is 149 Å². The van der Waals surface area contributed by atoms with E-state index in [1.54, 1.807) is 78.1 Å². The van der Waals surface area contributed by atoms with Crippen LogP contribution in [0, 0.1) is 23.7 Å². The Bertz CT molecular complexity index is 2650. The monoisotopic (exact) mass is 1140 g/mol. The Morgan fingerprint density at radius 3 is 1.41 bits per heavy atom. The Morgan fingerprint density at radius 1 is 0.463 bits per heavy atom. The van der Waals surface area contributed by atoms with Crippen molar-refractivity contribution >= 4 is 69.9 Å². The van der Waals surface area contributed by atoms with Gasteiger partial charge < -0.3 is 75.1 Å². The lowest BCUT2D eigenvalue weighted by Crippen LogP contribution is -2.62. The molecule has 11 atom stereocenters. The average Bonchev–Trinajstić information content (AvgIpc) is 4.09. The maximum Gasteiger partial charge on any atom is 0.243 e. The van der Waals surface area contributed by atoms with Gasteiger partial charge in [-0.3, -0.25) is 47.9 Å². The molecule has 4 rings (SSSR count). The van der Waals surface area contributed by atoms with Crippen LogP contribution in [0.5, 0.6) is 0 Å². The molecule has 0 saturated carbocycles. The van der Waals surface area contributed by atoms with Gasteiger partial charge in [0.2, 0.25) is 53.2 Å². The van der Waals surface area contributed by atoms with Crippen LogP contribution >= 0.6 is 0 Å². The minimum absolute atomic E-state index is 0.000459. The van der Waals surface area contributed by atoms with Gasteiger partial charge in [0.25, 0.3) is 0 Å². The van der Waals surface area contributed by atoms with Crippen molar-refractivity contribution in [3.05, 3.63) is 71.9 Å². The van der Waals surface area contributed by atoms with E-state index in [0.29, 0.717) is 11.1 Å². The molecule has 1 fully saturated rings. The first-order chi connectivity index (χ1) is 38.9. The summed E-state index contributed by atoms with van der Waals surface area (Å²) < 4.78 is 0. The normalized spacial score (nSPS) is 25.5. The second-order valence-corrected chi connectivity index (χ2v) is 22.3. The summed E-state index contributed by atoms with van der Waals surface area (Å²) in [6, 6.07) is 4.00. The SMILES string of the molecule is CC(C)[C@H]1NC(=O)[C@H](Cc2ccccc2)NC(=O)[C@@H](C(C)C)NC(=O)[C@@H](C(C)C)NC(=O)[C@@H](C)NC(=O)[C@H](Cc2c[nH]c3ccccc23)NC(=O)[C@@H](CCCN)NC(=O)[C@H](CCCN)NC(=O)[C@@H](CCCN)CC(=O)[C@H]([C@@H](C)O)NC1=O. The lowest BCUT2D eigenvalue weighted by atomic mass is 9.91. The van der Waals surface area contributed by atoms with Crippen molar-refractivity contribution in [2.45, 2.75) is 174 Å².